The van der Waals surface area contributed by atoms with Crippen LogP contribution in [-0.4, -0.2) is 48.2 Å². The molecule has 0 atom stereocenters. The minimum atomic E-state index is -0.609. The molecule has 96 valence electrons. The van der Waals surface area contributed by atoms with E-state index in [4.69, 9.17) is 0 Å². The second-order valence-corrected chi connectivity index (χ2v) is 5.19. The Hall–Kier alpha value is -1.43. The third-order valence-corrected chi connectivity index (χ3v) is 2.25. The van der Waals surface area contributed by atoms with Gasteiger partial charge in [0.1, 0.15) is 0 Å². The first-order valence-electron chi connectivity index (χ1n) is 5.44. The van der Waals surface area contributed by atoms with E-state index in [0.29, 0.717) is 6.54 Å². The van der Waals surface area contributed by atoms with Gasteiger partial charge in [0.25, 0.3) is 5.91 Å². The number of carbonyl (C=O) groups excluding carboxylic acids is 1. The summed E-state index contributed by atoms with van der Waals surface area (Å²) in [6.07, 6.45) is 0. The lowest BCUT2D eigenvalue weighted by Gasteiger charge is -2.28. The van der Waals surface area contributed by atoms with Gasteiger partial charge in [0, 0.05) is 19.2 Å². The number of nitrogens with one attached hydrogen (secondary N) is 2. The van der Waals surface area contributed by atoms with Gasteiger partial charge in [-0.1, -0.05) is 13.8 Å². The highest BCUT2D eigenvalue weighted by Crippen LogP contribution is 2.14. The van der Waals surface area contributed by atoms with E-state index in [1.54, 1.807) is 0 Å². The monoisotopic (exact) mass is 242 g/mol. The van der Waals surface area contributed by atoms with Gasteiger partial charge in [-0.3, -0.25) is 9.89 Å². The lowest BCUT2D eigenvalue weighted by molar-refractivity contribution is 0.0924. The van der Waals surface area contributed by atoms with Crippen molar-refractivity contribution in [2.24, 2.45) is 5.41 Å². The number of hydrogen-bond acceptors (Lipinski definition) is 3. The van der Waals surface area contributed by atoms with Gasteiger partial charge in [-0.2, -0.15) is 9.49 Å². The molecule has 5 nitrogen and oxygen atoms in total. The highest BCUT2D eigenvalue weighted by Gasteiger charge is 2.20. The topological polar surface area (TPSA) is 61.0 Å². The van der Waals surface area contributed by atoms with E-state index in [1.165, 1.54) is 0 Å². The number of hydrogen-bond donors (Lipinski definition) is 2. The van der Waals surface area contributed by atoms with Gasteiger partial charge in [-0.15, -0.1) is 0 Å². The van der Waals surface area contributed by atoms with Gasteiger partial charge in [0.15, 0.2) is 5.69 Å². The van der Waals surface area contributed by atoms with Gasteiger partial charge < -0.3 is 10.2 Å². The van der Waals surface area contributed by atoms with Crippen LogP contribution in [0.15, 0.2) is 6.07 Å². The maximum atomic E-state index is 12.6. The molecule has 1 aromatic heterocycles. The van der Waals surface area contributed by atoms with Crippen LogP contribution < -0.4 is 5.32 Å². The van der Waals surface area contributed by atoms with Crippen molar-refractivity contribution in [3.63, 3.8) is 0 Å². The van der Waals surface area contributed by atoms with Crippen LogP contribution in [0.25, 0.3) is 0 Å². The summed E-state index contributed by atoms with van der Waals surface area (Å²) in [6.45, 7) is 5.47. The van der Waals surface area contributed by atoms with E-state index < -0.39 is 5.95 Å². The summed E-state index contributed by atoms with van der Waals surface area (Å²) in [5.74, 6) is -0.973. The minimum Gasteiger partial charge on any atom is -0.350 e. The van der Waals surface area contributed by atoms with E-state index in [2.05, 4.69) is 34.3 Å². The Morgan fingerprint density at radius 1 is 1.59 bits per heavy atom. The first kappa shape index (κ1) is 13.6. The Labute approximate surface area is 100 Å². The molecule has 1 heterocycles. The predicted octanol–water partition coefficient (Wildman–Crippen LogP) is 0.866. The van der Waals surface area contributed by atoms with Crippen molar-refractivity contribution in [1.82, 2.24) is 20.4 Å². The molecule has 0 aliphatic heterocycles. The highest BCUT2D eigenvalue weighted by atomic mass is 19.1. The molecule has 0 saturated carbocycles. The van der Waals surface area contributed by atoms with Crippen molar-refractivity contribution in [3.8, 4) is 0 Å². The maximum Gasteiger partial charge on any atom is 0.271 e. The Bertz CT molecular complexity index is 387. The van der Waals surface area contributed by atoms with Crippen molar-refractivity contribution in [3.05, 3.63) is 17.7 Å². The number of aromatic nitrogens is 2. The number of halogens is 1. The Kier molecular flexibility index (Phi) is 4.22. The van der Waals surface area contributed by atoms with Crippen LogP contribution in [0.1, 0.15) is 24.3 Å². The van der Waals surface area contributed by atoms with Crippen LogP contribution in [0.2, 0.25) is 0 Å². The fraction of sp³-hybridized carbons (Fsp3) is 0.636. The van der Waals surface area contributed by atoms with Crippen molar-refractivity contribution in [2.75, 3.05) is 27.2 Å². The molecule has 17 heavy (non-hydrogen) atoms. The first-order valence-corrected chi connectivity index (χ1v) is 5.44. The quantitative estimate of drug-likeness (QED) is 0.805. The molecule has 0 aliphatic rings. The van der Waals surface area contributed by atoms with Crippen molar-refractivity contribution < 1.29 is 9.18 Å². The fourth-order valence-corrected chi connectivity index (χ4v) is 1.74. The SMILES string of the molecule is CN(C)CC(C)(C)CNC(=O)c1cc(F)[nH]n1. The molecular formula is C11H19FN4O. The average molecular weight is 242 g/mol. The van der Waals surface area contributed by atoms with E-state index in [9.17, 15) is 9.18 Å². The van der Waals surface area contributed by atoms with E-state index >= 15 is 0 Å². The molecule has 0 saturated heterocycles. The third kappa shape index (κ3) is 4.52. The van der Waals surface area contributed by atoms with Crippen LogP contribution in [0.3, 0.4) is 0 Å². The lowest BCUT2D eigenvalue weighted by Crippen LogP contribution is -2.40. The molecule has 0 unspecified atom stereocenters. The van der Waals surface area contributed by atoms with Crippen molar-refractivity contribution in [1.29, 1.82) is 0 Å². The zero-order valence-corrected chi connectivity index (χ0v) is 10.7. The minimum absolute atomic E-state index is 0.0476. The lowest BCUT2D eigenvalue weighted by atomic mass is 9.93. The Balaban J connectivity index is 2.48. The first-order chi connectivity index (χ1) is 7.80. The molecule has 2 N–H and O–H groups in total. The molecule has 1 aromatic rings. The van der Waals surface area contributed by atoms with Gasteiger partial charge >= 0.3 is 0 Å². The zero-order valence-electron chi connectivity index (χ0n) is 10.7. The third-order valence-electron chi connectivity index (χ3n) is 2.25. The second kappa shape index (κ2) is 5.27. The molecule has 0 aliphatic carbocycles. The van der Waals surface area contributed by atoms with Crippen LogP contribution in [-0.2, 0) is 0 Å². The number of H-pyrrole nitrogens is 1. The Morgan fingerprint density at radius 3 is 2.71 bits per heavy atom. The van der Waals surface area contributed by atoms with Crippen molar-refractivity contribution in [2.45, 2.75) is 13.8 Å². The Morgan fingerprint density at radius 2 is 2.24 bits per heavy atom. The molecule has 6 heteroatoms. The molecule has 0 spiro atoms. The molecule has 0 fully saturated rings. The van der Waals surface area contributed by atoms with Gasteiger partial charge in [0.05, 0.1) is 0 Å². The largest absolute Gasteiger partial charge is 0.350 e. The van der Waals surface area contributed by atoms with Crippen molar-refractivity contribution >= 4 is 5.91 Å². The fourth-order valence-electron chi connectivity index (χ4n) is 1.74. The summed E-state index contributed by atoms with van der Waals surface area (Å²) >= 11 is 0. The second-order valence-electron chi connectivity index (χ2n) is 5.19. The number of nitrogens with zero attached hydrogens (tertiary/aromatic N) is 2. The van der Waals surface area contributed by atoms with Gasteiger partial charge in [-0.25, -0.2) is 0 Å². The standard InChI is InChI=1S/C11H19FN4O/c1-11(2,7-16(3)4)6-13-10(17)8-5-9(12)15-14-8/h5H,6-7H2,1-4H3,(H,13,17)(H,14,15). The van der Waals surface area contributed by atoms with E-state index in [1.807, 2.05) is 14.1 Å². The summed E-state index contributed by atoms with van der Waals surface area (Å²) in [6, 6.07) is 1.08. The van der Waals surface area contributed by atoms with Crippen LogP contribution >= 0.6 is 0 Å². The summed E-state index contributed by atoms with van der Waals surface area (Å²) in [5.41, 5.74) is 0.0248. The van der Waals surface area contributed by atoms with Gasteiger partial charge in [-0.05, 0) is 19.5 Å². The summed E-state index contributed by atoms with van der Waals surface area (Å²) in [7, 11) is 3.96. The van der Waals surface area contributed by atoms with E-state index in [-0.39, 0.29) is 17.0 Å². The number of carbonyl (C=O) groups is 1. The van der Waals surface area contributed by atoms with Crippen LogP contribution in [0.4, 0.5) is 4.39 Å². The normalized spacial score (nSPS) is 11.9. The van der Waals surface area contributed by atoms with Crippen LogP contribution in [0, 0.1) is 11.4 Å². The maximum absolute atomic E-state index is 12.6. The predicted molar refractivity (Wildman–Crippen MR) is 63.2 cm³/mol. The molecular weight excluding hydrogens is 223 g/mol. The molecule has 0 bridgehead atoms. The van der Waals surface area contributed by atoms with Gasteiger partial charge in [0.2, 0.25) is 5.95 Å². The molecule has 1 amide bonds. The summed E-state index contributed by atoms with van der Waals surface area (Å²) in [4.78, 5) is 13.7. The molecule has 0 radical (unpaired) electrons. The highest BCUT2D eigenvalue weighted by molar-refractivity contribution is 5.92. The molecule has 1 rings (SSSR count). The van der Waals surface area contributed by atoms with Crippen LogP contribution in [0.5, 0.6) is 0 Å². The number of aromatic amines is 1. The number of rotatable bonds is 5. The summed E-state index contributed by atoms with van der Waals surface area (Å²) < 4.78 is 12.6. The smallest absolute Gasteiger partial charge is 0.271 e. The zero-order chi connectivity index (χ0) is 13.1. The van der Waals surface area contributed by atoms with E-state index in [0.717, 1.165) is 12.6 Å². The molecule has 0 aromatic carbocycles. The summed E-state index contributed by atoms with van der Waals surface area (Å²) in [5, 5.41) is 8.39. The number of amides is 1. The average Bonchev–Trinajstić information content (AvgIpc) is 2.59.